The third-order valence-electron chi connectivity index (χ3n) is 3.55. The number of ether oxygens (including phenoxy) is 2. The first-order chi connectivity index (χ1) is 13.2. The van der Waals surface area contributed by atoms with Gasteiger partial charge in [0.2, 0.25) is 6.08 Å². The van der Waals surface area contributed by atoms with Crippen LogP contribution in [0.25, 0.3) is 0 Å². The Morgan fingerprint density at radius 1 is 0.815 bits per heavy atom. The average molecular weight is 368 g/mol. The predicted octanol–water partition coefficient (Wildman–Crippen LogP) is 4.19. The molecule has 7 nitrogen and oxygen atoms in total. The van der Waals surface area contributed by atoms with Gasteiger partial charge in [0.15, 0.2) is 0 Å². The van der Waals surface area contributed by atoms with Crippen LogP contribution >= 0.6 is 0 Å². The van der Waals surface area contributed by atoms with Crippen LogP contribution in [0.4, 0.5) is 9.59 Å². The molecule has 0 fully saturated rings. The molecule has 0 aliphatic carbocycles. The summed E-state index contributed by atoms with van der Waals surface area (Å²) in [6.45, 7) is 0.495. The van der Waals surface area contributed by atoms with Crippen LogP contribution in [0.5, 0.6) is 11.5 Å². The van der Waals surface area contributed by atoms with Crippen LogP contribution in [0, 0.1) is 0 Å². The summed E-state index contributed by atoms with van der Waals surface area (Å²) in [4.78, 5) is 39.3. The molecular formula is C20H20N2O5. The minimum atomic E-state index is -0.812. The van der Waals surface area contributed by atoms with Gasteiger partial charge in [-0.15, -0.1) is 0 Å². The molecule has 0 aliphatic rings. The summed E-state index contributed by atoms with van der Waals surface area (Å²) in [6, 6.07) is 17.0. The van der Waals surface area contributed by atoms with Crippen molar-refractivity contribution in [2.75, 3.05) is 13.1 Å². The number of hydrogen-bond donors (Lipinski definition) is 0. The molecule has 0 radical (unpaired) electrons. The second-order valence-electron chi connectivity index (χ2n) is 5.55. The number of nitrogens with zero attached hydrogens (tertiary/aromatic N) is 2. The fourth-order valence-corrected chi connectivity index (χ4v) is 2.23. The van der Waals surface area contributed by atoms with Gasteiger partial charge in [0.25, 0.3) is 0 Å². The van der Waals surface area contributed by atoms with Crippen molar-refractivity contribution in [2.45, 2.75) is 19.3 Å². The van der Waals surface area contributed by atoms with E-state index in [1.807, 2.05) is 0 Å². The van der Waals surface area contributed by atoms with Crippen molar-refractivity contribution in [1.82, 2.24) is 4.90 Å². The highest BCUT2D eigenvalue weighted by atomic mass is 16.6. The monoisotopic (exact) mass is 368 g/mol. The lowest BCUT2D eigenvalue weighted by Crippen LogP contribution is -2.41. The maximum atomic E-state index is 12.4. The molecule has 0 saturated carbocycles. The molecule has 0 saturated heterocycles. The van der Waals surface area contributed by atoms with Crippen LogP contribution in [-0.4, -0.2) is 36.3 Å². The molecule has 0 atom stereocenters. The van der Waals surface area contributed by atoms with E-state index in [1.54, 1.807) is 60.7 Å². The Morgan fingerprint density at radius 3 is 1.81 bits per heavy atom. The molecule has 0 unspecified atom stereocenters. The Morgan fingerprint density at radius 2 is 1.33 bits per heavy atom. The van der Waals surface area contributed by atoms with Crippen LogP contribution in [0.3, 0.4) is 0 Å². The number of imide groups is 1. The number of benzene rings is 2. The molecule has 2 aromatic rings. The van der Waals surface area contributed by atoms with E-state index in [1.165, 1.54) is 6.08 Å². The third kappa shape index (κ3) is 7.13. The molecule has 2 amide bonds. The lowest BCUT2D eigenvalue weighted by atomic mass is 10.2. The normalized spacial score (nSPS) is 9.78. The number of unbranched alkanes of at least 4 members (excludes halogenated alkanes) is 2. The molecule has 0 aromatic heterocycles. The van der Waals surface area contributed by atoms with Crippen molar-refractivity contribution in [3.8, 4) is 11.5 Å². The van der Waals surface area contributed by atoms with Gasteiger partial charge in [0, 0.05) is 6.54 Å². The number of rotatable bonds is 8. The predicted molar refractivity (Wildman–Crippen MR) is 98.5 cm³/mol. The summed E-state index contributed by atoms with van der Waals surface area (Å²) in [6.07, 6.45) is 1.72. The van der Waals surface area contributed by atoms with E-state index < -0.39 is 12.2 Å². The van der Waals surface area contributed by atoms with Gasteiger partial charge in [-0.1, -0.05) is 36.4 Å². The Hall–Kier alpha value is -3.44. The van der Waals surface area contributed by atoms with Crippen molar-refractivity contribution in [3.05, 3.63) is 60.7 Å². The molecule has 0 N–H and O–H groups in total. The van der Waals surface area contributed by atoms with Crippen LogP contribution < -0.4 is 9.47 Å². The maximum Gasteiger partial charge on any atom is 0.424 e. The van der Waals surface area contributed by atoms with E-state index in [2.05, 4.69) is 4.99 Å². The van der Waals surface area contributed by atoms with E-state index in [4.69, 9.17) is 9.47 Å². The van der Waals surface area contributed by atoms with E-state index in [0.717, 1.165) is 4.90 Å². The largest absolute Gasteiger partial charge is 0.424 e. The molecule has 7 heteroatoms. The quantitative estimate of drug-likeness (QED) is 0.396. The van der Waals surface area contributed by atoms with Gasteiger partial charge in [-0.05, 0) is 43.5 Å². The molecule has 0 heterocycles. The number of aliphatic imine (C=N–C) groups is 1. The molecular weight excluding hydrogens is 348 g/mol. The van der Waals surface area contributed by atoms with Gasteiger partial charge in [0.05, 0.1) is 6.54 Å². The fourth-order valence-electron chi connectivity index (χ4n) is 2.23. The fraction of sp³-hybridized carbons (Fsp3) is 0.250. The molecule has 0 aliphatic heterocycles. The SMILES string of the molecule is O=C=NCCCCCN(C(=O)Oc1ccccc1)C(=O)Oc1ccccc1. The molecule has 140 valence electrons. The van der Waals surface area contributed by atoms with Crippen molar-refractivity contribution in [3.63, 3.8) is 0 Å². The van der Waals surface area contributed by atoms with Crippen molar-refractivity contribution < 1.29 is 23.9 Å². The zero-order valence-electron chi connectivity index (χ0n) is 14.7. The summed E-state index contributed by atoms with van der Waals surface area (Å²) < 4.78 is 10.5. The Bertz CT molecular complexity index is 720. The van der Waals surface area contributed by atoms with E-state index >= 15 is 0 Å². The Kier molecular flexibility index (Phi) is 8.27. The van der Waals surface area contributed by atoms with Crippen LogP contribution in [0.15, 0.2) is 65.7 Å². The maximum absolute atomic E-state index is 12.4. The van der Waals surface area contributed by atoms with Crippen molar-refractivity contribution in [2.24, 2.45) is 4.99 Å². The zero-order chi connectivity index (χ0) is 19.3. The lowest BCUT2D eigenvalue weighted by molar-refractivity contribution is 0.130. The van der Waals surface area contributed by atoms with E-state index in [9.17, 15) is 14.4 Å². The summed E-state index contributed by atoms with van der Waals surface area (Å²) in [5, 5.41) is 0. The van der Waals surface area contributed by atoms with Crippen LogP contribution in [0.2, 0.25) is 0 Å². The van der Waals surface area contributed by atoms with Gasteiger partial charge >= 0.3 is 12.2 Å². The summed E-state index contributed by atoms with van der Waals surface area (Å²) in [7, 11) is 0. The highest BCUT2D eigenvalue weighted by molar-refractivity contribution is 5.89. The van der Waals surface area contributed by atoms with Gasteiger partial charge in [-0.3, -0.25) is 0 Å². The molecule has 27 heavy (non-hydrogen) atoms. The van der Waals surface area contributed by atoms with Gasteiger partial charge in [-0.2, -0.15) is 0 Å². The van der Waals surface area contributed by atoms with Crippen LogP contribution in [0.1, 0.15) is 19.3 Å². The van der Waals surface area contributed by atoms with Gasteiger partial charge in [-0.25, -0.2) is 24.3 Å². The number of carbonyl (C=O) groups is 2. The summed E-state index contributed by atoms with van der Waals surface area (Å²) >= 11 is 0. The summed E-state index contributed by atoms with van der Waals surface area (Å²) in [5.41, 5.74) is 0. The first-order valence-corrected chi connectivity index (χ1v) is 8.55. The van der Waals surface area contributed by atoms with Gasteiger partial charge in [0.1, 0.15) is 11.5 Å². The third-order valence-corrected chi connectivity index (χ3v) is 3.55. The van der Waals surface area contributed by atoms with E-state index in [0.29, 0.717) is 37.3 Å². The summed E-state index contributed by atoms with van der Waals surface area (Å²) in [5.74, 6) is 0.667. The lowest BCUT2D eigenvalue weighted by Gasteiger charge is -2.19. The van der Waals surface area contributed by atoms with Crippen LogP contribution in [-0.2, 0) is 4.79 Å². The first-order valence-electron chi connectivity index (χ1n) is 8.55. The minimum Gasteiger partial charge on any atom is -0.410 e. The Balaban J connectivity index is 1.99. The second-order valence-corrected chi connectivity index (χ2v) is 5.55. The van der Waals surface area contributed by atoms with Crippen molar-refractivity contribution >= 4 is 18.3 Å². The molecule has 0 spiro atoms. The number of hydrogen-bond acceptors (Lipinski definition) is 6. The Labute approximate surface area is 157 Å². The number of isocyanates is 1. The molecule has 2 aromatic carbocycles. The number of carbonyl (C=O) groups excluding carboxylic acids is 3. The zero-order valence-corrected chi connectivity index (χ0v) is 14.7. The highest BCUT2D eigenvalue weighted by Crippen LogP contribution is 2.14. The topological polar surface area (TPSA) is 85.3 Å². The molecule has 2 rings (SSSR count). The average Bonchev–Trinajstić information content (AvgIpc) is 2.68. The number of para-hydroxylation sites is 2. The first kappa shape index (κ1) is 19.9. The van der Waals surface area contributed by atoms with Gasteiger partial charge < -0.3 is 9.47 Å². The standard InChI is InChI=1S/C20H20N2O5/c23-16-21-14-8-3-9-15-22(19(24)26-17-10-4-1-5-11-17)20(25)27-18-12-6-2-7-13-18/h1-2,4-7,10-13H,3,8-9,14-15H2. The minimum absolute atomic E-state index is 0.127. The number of amides is 2. The highest BCUT2D eigenvalue weighted by Gasteiger charge is 2.25. The molecule has 0 bridgehead atoms. The second kappa shape index (κ2) is 11.2. The van der Waals surface area contributed by atoms with Crippen molar-refractivity contribution in [1.29, 1.82) is 0 Å². The smallest absolute Gasteiger partial charge is 0.410 e. The van der Waals surface area contributed by atoms with E-state index in [-0.39, 0.29) is 6.54 Å².